The standard InChI is InChI=1S/C16H18O4/c1-3-4-7-15-12(2)11-14(20-15)10-9-13(17)6-5-8-16(18)19/h3-4,7,9-11H,2,5-6,8H2,1H3,(H,18,19). The summed E-state index contributed by atoms with van der Waals surface area (Å²) in [5.74, 6) is -0.455. The van der Waals surface area contributed by atoms with E-state index in [-0.39, 0.29) is 18.6 Å². The van der Waals surface area contributed by atoms with E-state index >= 15 is 0 Å². The number of ketones is 1. The van der Waals surface area contributed by atoms with Gasteiger partial charge in [0.1, 0.15) is 11.2 Å². The Labute approximate surface area is 117 Å². The van der Waals surface area contributed by atoms with Gasteiger partial charge >= 0.3 is 5.97 Å². The Balaban J connectivity index is 2.64. The Morgan fingerprint density at radius 1 is 1.40 bits per heavy atom. The van der Waals surface area contributed by atoms with E-state index in [1.807, 2.05) is 19.1 Å². The smallest absolute Gasteiger partial charge is 0.303 e. The first-order valence-corrected chi connectivity index (χ1v) is 6.37. The van der Waals surface area contributed by atoms with E-state index in [4.69, 9.17) is 9.52 Å². The van der Waals surface area contributed by atoms with Crippen LogP contribution in [0.5, 0.6) is 0 Å². The second-order valence-electron chi connectivity index (χ2n) is 4.28. The van der Waals surface area contributed by atoms with Crippen molar-refractivity contribution in [1.29, 1.82) is 0 Å². The largest absolute Gasteiger partial charge is 0.481 e. The number of rotatable bonds is 7. The van der Waals surface area contributed by atoms with Crippen molar-refractivity contribution < 1.29 is 19.1 Å². The van der Waals surface area contributed by atoms with Crippen LogP contribution < -0.4 is 10.6 Å². The lowest BCUT2D eigenvalue weighted by molar-refractivity contribution is -0.137. The van der Waals surface area contributed by atoms with Crippen LogP contribution in [-0.2, 0) is 9.59 Å². The molecule has 0 bridgehead atoms. The van der Waals surface area contributed by atoms with Crippen LogP contribution in [-0.4, -0.2) is 16.9 Å². The van der Waals surface area contributed by atoms with Crippen LogP contribution in [0.1, 0.15) is 31.9 Å². The summed E-state index contributed by atoms with van der Waals surface area (Å²) in [6.07, 6.45) is 9.07. The highest BCUT2D eigenvalue weighted by Crippen LogP contribution is 2.01. The molecule has 0 aliphatic carbocycles. The average molecular weight is 274 g/mol. The number of hydrogen-bond acceptors (Lipinski definition) is 3. The van der Waals surface area contributed by atoms with Crippen LogP contribution >= 0.6 is 0 Å². The van der Waals surface area contributed by atoms with Crippen LogP contribution in [0.2, 0.25) is 0 Å². The molecule has 1 rings (SSSR count). The third kappa shape index (κ3) is 5.52. The summed E-state index contributed by atoms with van der Waals surface area (Å²) in [6.45, 7) is 5.75. The van der Waals surface area contributed by atoms with E-state index in [1.54, 1.807) is 18.2 Å². The van der Waals surface area contributed by atoms with Gasteiger partial charge in [0.15, 0.2) is 5.78 Å². The first-order valence-electron chi connectivity index (χ1n) is 6.37. The van der Waals surface area contributed by atoms with Crippen molar-refractivity contribution in [2.75, 3.05) is 0 Å². The molecule has 4 heteroatoms. The number of carboxylic acid groups (broad SMARTS) is 1. The molecule has 0 unspecified atom stereocenters. The zero-order valence-electron chi connectivity index (χ0n) is 11.5. The van der Waals surface area contributed by atoms with Crippen LogP contribution in [0.25, 0.3) is 18.7 Å². The van der Waals surface area contributed by atoms with Gasteiger partial charge in [-0.25, -0.2) is 0 Å². The van der Waals surface area contributed by atoms with Crippen molar-refractivity contribution in [2.24, 2.45) is 0 Å². The third-order valence-corrected chi connectivity index (χ3v) is 2.55. The normalized spacial score (nSPS) is 12.6. The molecule has 0 spiro atoms. The monoisotopic (exact) mass is 274 g/mol. The lowest BCUT2D eigenvalue weighted by atomic mass is 10.1. The van der Waals surface area contributed by atoms with Gasteiger partial charge in [0, 0.05) is 18.1 Å². The van der Waals surface area contributed by atoms with Crippen molar-refractivity contribution in [1.82, 2.24) is 0 Å². The first kappa shape index (κ1) is 15.7. The summed E-state index contributed by atoms with van der Waals surface area (Å²) < 4.78 is 5.51. The molecule has 0 atom stereocenters. The average Bonchev–Trinajstić information content (AvgIpc) is 2.74. The van der Waals surface area contributed by atoms with E-state index in [0.29, 0.717) is 17.6 Å². The minimum Gasteiger partial charge on any atom is -0.481 e. The molecule has 0 amide bonds. The molecule has 1 aromatic heterocycles. The molecule has 0 aromatic carbocycles. The molecule has 1 aromatic rings. The lowest BCUT2D eigenvalue weighted by Crippen LogP contribution is -2.16. The topological polar surface area (TPSA) is 67.5 Å². The molecule has 0 radical (unpaired) electrons. The summed E-state index contributed by atoms with van der Waals surface area (Å²) in [7, 11) is 0. The SMILES string of the molecule is C=c1cc(C=CC(=O)CCCC(=O)O)oc1=CC=CC. The van der Waals surface area contributed by atoms with E-state index in [2.05, 4.69) is 6.58 Å². The van der Waals surface area contributed by atoms with Crippen molar-refractivity contribution >= 4 is 30.5 Å². The summed E-state index contributed by atoms with van der Waals surface area (Å²) in [6, 6.07) is 1.75. The molecule has 106 valence electrons. The zero-order valence-corrected chi connectivity index (χ0v) is 11.5. The Morgan fingerprint density at radius 2 is 2.15 bits per heavy atom. The fourth-order valence-electron chi connectivity index (χ4n) is 1.54. The van der Waals surface area contributed by atoms with E-state index < -0.39 is 5.97 Å². The van der Waals surface area contributed by atoms with Gasteiger partial charge in [0.2, 0.25) is 0 Å². The molecule has 1 heterocycles. The van der Waals surface area contributed by atoms with Crippen LogP contribution in [0.15, 0.2) is 28.7 Å². The molecule has 0 saturated heterocycles. The van der Waals surface area contributed by atoms with Crippen molar-refractivity contribution in [3.63, 3.8) is 0 Å². The first-order chi connectivity index (χ1) is 9.52. The molecule has 1 N–H and O–H groups in total. The molecular formula is C16H18O4. The maximum absolute atomic E-state index is 11.5. The van der Waals surface area contributed by atoms with Crippen molar-refractivity contribution in [3.8, 4) is 0 Å². The van der Waals surface area contributed by atoms with E-state index in [0.717, 1.165) is 5.22 Å². The molecular weight excluding hydrogens is 256 g/mol. The van der Waals surface area contributed by atoms with Gasteiger partial charge in [-0.1, -0.05) is 18.7 Å². The number of carbonyl (C=O) groups excluding carboxylic acids is 1. The van der Waals surface area contributed by atoms with Crippen molar-refractivity contribution in [2.45, 2.75) is 26.2 Å². The Morgan fingerprint density at radius 3 is 2.80 bits per heavy atom. The number of hydrogen-bond donors (Lipinski definition) is 1. The molecule has 0 saturated carbocycles. The summed E-state index contributed by atoms with van der Waals surface area (Å²) in [5, 5.41) is 9.23. The van der Waals surface area contributed by atoms with Gasteiger partial charge in [-0.2, -0.15) is 0 Å². The molecule has 0 fully saturated rings. The fourth-order valence-corrected chi connectivity index (χ4v) is 1.54. The van der Waals surface area contributed by atoms with Gasteiger partial charge in [0.05, 0.1) is 0 Å². The quantitative estimate of drug-likeness (QED) is 0.771. The lowest BCUT2D eigenvalue weighted by Gasteiger charge is -1.92. The second kappa shape index (κ2) is 7.94. The number of carboxylic acids is 1. The minimum atomic E-state index is -0.890. The maximum atomic E-state index is 11.5. The Bertz CT molecular complexity index is 632. The highest BCUT2D eigenvalue weighted by Gasteiger charge is 2.01. The fraction of sp³-hybridized carbons (Fsp3) is 0.250. The Kier molecular flexibility index (Phi) is 6.23. The second-order valence-corrected chi connectivity index (χ2v) is 4.28. The number of aliphatic carboxylic acids is 1. The van der Waals surface area contributed by atoms with E-state index in [9.17, 15) is 9.59 Å². The molecule has 0 aliphatic heterocycles. The van der Waals surface area contributed by atoms with Crippen LogP contribution in [0, 0.1) is 0 Å². The number of allylic oxidation sites excluding steroid dienone is 3. The van der Waals surface area contributed by atoms with Gasteiger partial charge in [-0.3, -0.25) is 9.59 Å². The van der Waals surface area contributed by atoms with E-state index in [1.165, 1.54) is 6.08 Å². The minimum absolute atomic E-state index is 0.00577. The highest BCUT2D eigenvalue weighted by atomic mass is 16.4. The predicted octanol–water partition coefficient (Wildman–Crippen LogP) is 1.88. The zero-order chi connectivity index (χ0) is 15.0. The Hall–Kier alpha value is -2.36. The maximum Gasteiger partial charge on any atom is 0.303 e. The molecule has 4 nitrogen and oxygen atoms in total. The van der Waals surface area contributed by atoms with Gasteiger partial charge in [-0.15, -0.1) is 0 Å². The number of carbonyl (C=O) groups is 2. The number of furan rings is 1. The summed E-state index contributed by atoms with van der Waals surface area (Å²) in [4.78, 5) is 21.8. The van der Waals surface area contributed by atoms with Gasteiger partial charge in [0.25, 0.3) is 0 Å². The van der Waals surface area contributed by atoms with Gasteiger partial charge in [-0.05, 0) is 37.6 Å². The molecule has 20 heavy (non-hydrogen) atoms. The molecule has 0 aliphatic rings. The van der Waals surface area contributed by atoms with Gasteiger partial charge < -0.3 is 9.52 Å². The predicted molar refractivity (Wildman–Crippen MR) is 78.3 cm³/mol. The summed E-state index contributed by atoms with van der Waals surface area (Å²) in [5.41, 5.74) is 0.654. The highest BCUT2D eigenvalue weighted by molar-refractivity contribution is 5.93. The summed E-state index contributed by atoms with van der Waals surface area (Å²) >= 11 is 0. The van der Waals surface area contributed by atoms with Crippen LogP contribution in [0.3, 0.4) is 0 Å². The van der Waals surface area contributed by atoms with Crippen LogP contribution in [0.4, 0.5) is 0 Å². The third-order valence-electron chi connectivity index (χ3n) is 2.55. The van der Waals surface area contributed by atoms with Crippen molar-refractivity contribution in [3.05, 3.63) is 40.7 Å².